The number of carbonyl (C=O) groups is 1. The monoisotopic (exact) mass is 223 g/mol. The molecule has 1 saturated carbocycles. The van der Waals surface area contributed by atoms with Gasteiger partial charge in [0.05, 0.1) is 5.92 Å². The molecule has 1 aromatic rings. The molecular weight excluding hydrogens is 206 g/mol. The average Bonchev–Trinajstić information content (AvgIpc) is 3.00. The lowest BCUT2D eigenvalue weighted by atomic mass is 9.95. The van der Waals surface area contributed by atoms with E-state index in [0.29, 0.717) is 5.92 Å². The molecule has 1 aliphatic rings. The van der Waals surface area contributed by atoms with Gasteiger partial charge >= 0.3 is 5.97 Å². The highest BCUT2D eigenvalue weighted by Crippen LogP contribution is 2.38. The molecule has 0 radical (unpaired) electrons. The van der Waals surface area contributed by atoms with Gasteiger partial charge < -0.3 is 5.11 Å². The molecule has 1 aromatic heterocycles. The molecule has 5 nitrogen and oxygen atoms in total. The standard InChI is InChI=1S/C11H17N3O2/c1-6(7(2)11(15)16)10-12-9(8-4-5-8)13-14(10)3/h6-8H,4-5H2,1-3H3,(H,15,16). The lowest BCUT2D eigenvalue weighted by Crippen LogP contribution is -2.19. The third kappa shape index (κ3) is 1.94. The van der Waals surface area contributed by atoms with E-state index in [-0.39, 0.29) is 5.92 Å². The number of aromatic nitrogens is 3. The predicted octanol–water partition coefficient (Wildman–Crippen LogP) is 1.52. The van der Waals surface area contributed by atoms with Crippen LogP contribution in [0.1, 0.15) is 50.2 Å². The molecule has 1 fully saturated rings. The molecule has 5 heteroatoms. The molecule has 2 atom stereocenters. The topological polar surface area (TPSA) is 68.0 Å². The second-order valence-corrected chi connectivity index (χ2v) is 4.64. The molecular formula is C11H17N3O2. The zero-order valence-corrected chi connectivity index (χ0v) is 9.84. The SMILES string of the molecule is CC(C(=O)O)C(C)c1nc(C2CC2)nn1C. The highest BCUT2D eigenvalue weighted by molar-refractivity contribution is 5.70. The Morgan fingerprint density at radius 2 is 2.12 bits per heavy atom. The molecule has 1 aliphatic carbocycles. The molecule has 0 aliphatic heterocycles. The van der Waals surface area contributed by atoms with Crippen LogP contribution in [0.5, 0.6) is 0 Å². The summed E-state index contributed by atoms with van der Waals surface area (Å²) in [5, 5.41) is 13.3. The van der Waals surface area contributed by atoms with Crippen LogP contribution in [0.15, 0.2) is 0 Å². The first kappa shape index (κ1) is 11.1. The largest absolute Gasteiger partial charge is 0.481 e. The van der Waals surface area contributed by atoms with Crippen LogP contribution in [0.4, 0.5) is 0 Å². The van der Waals surface area contributed by atoms with Gasteiger partial charge in [0.15, 0.2) is 5.82 Å². The van der Waals surface area contributed by atoms with Gasteiger partial charge in [-0.2, -0.15) is 5.10 Å². The highest BCUT2D eigenvalue weighted by Gasteiger charge is 2.31. The minimum Gasteiger partial charge on any atom is -0.481 e. The molecule has 2 unspecified atom stereocenters. The number of carboxylic acids is 1. The first-order chi connectivity index (χ1) is 7.50. The van der Waals surface area contributed by atoms with Crippen LogP contribution in [0, 0.1) is 5.92 Å². The summed E-state index contributed by atoms with van der Waals surface area (Å²) in [6, 6.07) is 0. The van der Waals surface area contributed by atoms with Gasteiger partial charge in [0, 0.05) is 18.9 Å². The van der Waals surface area contributed by atoms with Crippen LogP contribution in [0.2, 0.25) is 0 Å². The van der Waals surface area contributed by atoms with Gasteiger partial charge in [0.2, 0.25) is 0 Å². The summed E-state index contributed by atoms with van der Waals surface area (Å²) in [6.07, 6.45) is 2.32. The first-order valence-corrected chi connectivity index (χ1v) is 5.64. The zero-order valence-electron chi connectivity index (χ0n) is 9.84. The van der Waals surface area contributed by atoms with E-state index in [4.69, 9.17) is 5.11 Å². The third-order valence-electron chi connectivity index (χ3n) is 3.30. The number of hydrogen-bond donors (Lipinski definition) is 1. The number of aliphatic carboxylic acids is 1. The van der Waals surface area contributed by atoms with Crippen LogP contribution in [-0.2, 0) is 11.8 Å². The number of nitrogens with zero attached hydrogens (tertiary/aromatic N) is 3. The van der Waals surface area contributed by atoms with Crippen molar-refractivity contribution in [2.24, 2.45) is 13.0 Å². The fourth-order valence-corrected chi connectivity index (χ4v) is 1.77. The van der Waals surface area contributed by atoms with E-state index >= 15 is 0 Å². The minimum absolute atomic E-state index is 0.109. The number of hydrogen-bond acceptors (Lipinski definition) is 3. The van der Waals surface area contributed by atoms with Crippen LogP contribution in [0.25, 0.3) is 0 Å². The van der Waals surface area contributed by atoms with Gasteiger partial charge in [-0.15, -0.1) is 0 Å². The van der Waals surface area contributed by atoms with Crippen molar-refractivity contribution in [3.63, 3.8) is 0 Å². The molecule has 0 amide bonds. The van der Waals surface area contributed by atoms with E-state index in [1.165, 1.54) is 0 Å². The Bertz CT molecular complexity index is 409. The fourth-order valence-electron chi connectivity index (χ4n) is 1.77. The Morgan fingerprint density at radius 1 is 1.50 bits per heavy atom. The zero-order chi connectivity index (χ0) is 11.9. The third-order valence-corrected chi connectivity index (χ3v) is 3.30. The molecule has 16 heavy (non-hydrogen) atoms. The van der Waals surface area contributed by atoms with Gasteiger partial charge in [-0.05, 0) is 12.8 Å². The van der Waals surface area contributed by atoms with Gasteiger partial charge in [-0.1, -0.05) is 13.8 Å². The van der Waals surface area contributed by atoms with Crippen molar-refractivity contribution in [2.45, 2.75) is 38.5 Å². The van der Waals surface area contributed by atoms with Gasteiger partial charge in [-0.3, -0.25) is 9.48 Å². The van der Waals surface area contributed by atoms with Crippen molar-refractivity contribution < 1.29 is 9.90 Å². The fraction of sp³-hybridized carbons (Fsp3) is 0.727. The van der Waals surface area contributed by atoms with Gasteiger partial charge in [0.25, 0.3) is 0 Å². The predicted molar refractivity (Wildman–Crippen MR) is 58.2 cm³/mol. The van der Waals surface area contributed by atoms with Crippen LogP contribution < -0.4 is 0 Å². The molecule has 0 spiro atoms. The van der Waals surface area contributed by atoms with E-state index in [1.807, 2.05) is 14.0 Å². The van der Waals surface area contributed by atoms with Crippen LogP contribution in [0.3, 0.4) is 0 Å². The second kappa shape index (κ2) is 3.88. The van der Waals surface area contributed by atoms with Crippen molar-refractivity contribution in [1.82, 2.24) is 14.8 Å². The van der Waals surface area contributed by atoms with E-state index in [1.54, 1.807) is 11.6 Å². The van der Waals surface area contributed by atoms with Gasteiger partial charge in [0.1, 0.15) is 5.82 Å². The summed E-state index contributed by atoms with van der Waals surface area (Å²) < 4.78 is 1.72. The van der Waals surface area contributed by atoms with Gasteiger partial charge in [-0.25, -0.2) is 4.98 Å². The molecule has 1 heterocycles. The Hall–Kier alpha value is -1.39. The van der Waals surface area contributed by atoms with E-state index in [2.05, 4.69) is 10.1 Å². The lowest BCUT2D eigenvalue weighted by molar-refractivity contribution is -0.141. The summed E-state index contributed by atoms with van der Waals surface area (Å²) >= 11 is 0. The van der Waals surface area contributed by atoms with E-state index in [9.17, 15) is 4.79 Å². The van der Waals surface area contributed by atoms with E-state index < -0.39 is 11.9 Å². The van der Waals surface area contributed by atoms with Crippen molar-refractivity contribution in [3.8, 4) is 0 Å². The van der Waals surface area contributed by atoms with E-state index in [0.717, 1.165) is 24.5 Å². The molecule has 2 rings (SSSR count). The van der Waals surface area contributed by atoms with Crippen molar-refractivity contribution in [3.05, 3.63) is 11.6 Å². The Labute approximate surface area is 94.5 Å². The number of rotatable bonds is 4. The van der Waals surface area contributed by atoms with Crippen molar-refractivity contribution >= 4 is 5.97 Å². The second-order valence-electron chi connectivity index (χ2n) is 4.64. The molecule has 88 valence electrons. The summed E-state index contributed by atoms with van der Waals surface area (Å²) in [7, 11) is 1.83. The summed E-state index contributed by atoms with van der Waals surface area (Å²) in [4.78, 5) is 15.4. The summed E-state index contributed by atoms with van der Waals surface area (Å²) in [5.74, 6) is 0.826. The smallest absolute Gasteiger partial charge is 0.306 e. The quantitative estimate of drug-likeness (QED) is 0.840. The Balaban J connectivity index is 2.21. The average molecular weight is 223 g/mol. The molecule has 1 N–H and O–H groups in total. The van der Waals surface area contributed by atoms with Crippen LogP contribution in [-0.4, -0.2) is 25.8 Å². The lowest BCUT2D eigenvalue weighted by Gasteiger charge is -2.14. The highest BCUT2D eigenvalue weighted by atomic mass is 16.4. The maximum absolute atomic E-state index is 10.9. The Kier molecular flexibility index (Phi) is 2.69. The molecule has 0 saturated heterocycles. The summed E-state index contributed by atoms with van der Waals surface area (Å²) in [5.41, 5.74) is 0. The Morgan fingerprint density at radius 3 is 2.62 bits per heavy atom. The van der Waals surface area contributed by atoms with Crippen LogP contribution >= 0.6 is 0 Å². The van der Waals surface area contributed by atoms with Crippen molar-refractivity contribution in [2.75, 3.05) is 0 Å². The normalized spacial score (nSPS) is 19.4. The number of aryl methyl sites for hydroxylation is 1. The summed E-state index contributed by atoms with van der Waals surface area (Å²) in [6.45, 7) is 3.60. The minimum atomic E-state index is -0.788. The molecule has 0 aromatic carbocycles. The maximum atomic E-state index is 10.9. The number of carboxylic acid groups (broad SMARTS) is 1. The first-order valence-electron chi connectivity index (χ1n) is 5.64. The molecule has 0 bridgehead atoms. The maximum Gasteiger partial charge on any atom is 0.306 e. The van der Waals surface area contributed by atoms with Crippen molar-refractivity contribution in [1.29, 1.82) is 0 Å².